The fourth-order valence-electron chi connectivity index (χ4n) is 3.35. The van der Waals surface area contributed by atoms with E-state index in [9.17, 15) is 14.0 Å². The third-order valence-corrected chi connectivity index (χ3v) is 4.66. The molecule has 2 aliphatic heterocycles. The number of ether oxygens (including phenoxy) is 1. The molecule has 2 heterocycles. The van der Waals surface area contributed by atoms with Crippen LogP contribution in [0.5, 0.6) is 5.75 Å². The predicted octanol–water partition coefficient (Wildman–Crippen LogP) is 4.03. The number of hydrogen-bond acceptors (Lipinski definition) is 4. The van der Waals surface area contributed by atoms with E-state index in [1.54, 1.807) is 19.3 Å². The minimum absolute atomic E-state index is 0.134. The van der Waals surface area contributed by atoms with Gasteiger partial charge in [0.1, 0.15) is 17.7 Å². The number of rotatable bonds is 3. The van der Waals surface area contributed by atoms with Gasteiger partial charge in [-0.15, -0.1) is 0 Å². The Balaban J connectivity index is 0.000000516. The number of nitrogens with zero attached hydrogens (tertiary/aromatic N) is 1. The van der Waals surface area contributed by atoms with Crippen LogP contribution in [0.4, 0.5) is 10.1 Å². The van der Waals surface area contributed by atoms with Crippen molar-refractivity contribution in [1.82, 2.24) is 5.32 Å². The number of allylic oxidation sites excluding steroid dienone is 2. The zero-order valence-electron chi connectivity index (χ0n) is 15.6. The molecule has 0 fully saturated rings. The molecule has 5 nitrogen and oxygen atoms in total. The number of amides is 1. The van der Waals surface area contributed by atoms with Gasteiger partial charge in [-0.1, -0.05) is 37.4 Å². The highest BCUT2D eigenvalue weighted by atomic mass is 19.1. The molecular weight excluding hydrogens is 359 g/mol. The zero-order chi connectivity index (χ0) is 20.3. The number of hydrogen-bond donors (Lipinski definition) is 1. The van der Waals surface area contributed by atoms with Gasteiger partial charge in [-0.25, -0.2) is 4.39 Å². The Bertz CT molecular complexity index is 914. The van der Waals surface area contributed by atoms with Crippen molar-refractivity contribution in [3.8, 4) is 5.75 Å². The van der Waals surface area contributed by atoms with Crippen LogP contribution in [-0.4, -0.2) is 25.3 Å². The molecular formula is C22H21FN2O3. The van der Waals surface area contributed by atoms with Gasteiger partial charge in [-0.2, -0.15) is 0 Å². The van der Waals surface area contributed by atoms with Crippen LogP contribution in [-0.2, 0) is 0 Å². The summed E-state index contributed by atoms with van der Waals surface area (Å²) in [4.78, 5) is 26.6. The highest BCUT2D eigenvalue weighted by molar-refractivity contribution is 6.11. The Kier molecular flexibility index (Phi) is 5.59. The van der Waals surface area contributed by atoms with Crippen molar-refractivity contribution in [2.24, 2.45) is 0 Å². The number of benzene rings is 2. The van der Waals surface area contributed by atoms with Crippen molar-refractivity contribution < 1.29 is 18.7 Å². The van der Waals surface area contributed by atoms with Crippen LogP contribution < -0.4 is 15.0 Å². The summed E-state index contributed by atoms with van der Waals surface area (Å²) in [5, 5.41) is 2.90. The van der Waals surface area contributed by atoms with Gasteiger partial charge in [-0.05, 0) is 29.8 Å². The number of ketones is 1. The first kappa shape index (κ1) is 19.4. The van der Waals surface area contributed by atoms with Crippen molar-refractivity contribution in [1.29, 1.82) is 0 Å². The van der Waals surface area contributed by atoms with Gasteiger partial charge in [0.05, 0.1) is 18.4 Å². The van der Waals surface area contributed by atoms with Crippen LogP contribution >= 0.6 is 0 Å². The van der Waals surface area contributed by atoms with E-state index in [-0.39, 0.29) is 22.8 Å². The van der Waals surface area contributed by atoms with E-state index in [0.29, 0.717) is 18.7 Å². The summed E-state index contributed by atoms with van der Waals surface area (Å²) < 4.78 is 18.9. The van der Waals surface area contributed by atoms with E-state index in [1.807, 2.05) is 29.2 Å². The van der Waals surface area contributed by atoms with Gasteiger partial charge < -0.3 is 15.0 Å². The summed E-state index contributed by atoms with van der Waals surface area (Å²) >= 11 is 0. The summed E-state index contributed by atoms with van der Waals surface area (Å²) in [5.74, 6) is -0.363. The van der Waals surface area contributed by atoms with Crippen LogP contribution in [0.2, 0.25) is 0 Å². The van der Waals surface area contributed by atoms with E-state index in [1.165, 1.54) is 12.1 Å². The fraction of sp³-hybridized carbons (Fsp3) is 0.182. The van der Waals surface area contributed by atoms with E-state index in [2.05, 4.69) is 18.5 Å². The molecule has 6 heteroatoms. The maximum absolute atomic E-state index is 13.8. The maximum atomic E-state index is 13.8. The number of anilines is 1. The lowest BCUT2D eigenvalue weighted by Crippen LogP contribution is -2.49. The minimum Gasteiger partial charge on any atom is -0.497 e. The van der Waals surface area contributed by atoms with E-state index >= 15 is 0 Å². The number of Topliss-reactive ketones (excluding diaryl/α,β-unsaturated/α-hetero) is 1. The first-order valence-corrected chi connectivity index (χ1v) is 8.81. The molecule has 2 aromatic carbocycles. The second-order valence-corrected chi connectivity index (χ2v) is 6.34. The van der Waals surface area contributed by atoms with E-state index in [0.717, 1.165) is 11.3 Å². The fourth-order valence-corrected chi connectivity index (χ4v) is 3.35. The zero-order valence-corrected chi connectivity index (χ0v) is 15.6. The Morgan fingerprint density at radius 2 is 1.79 bits per heavy atom. The van der Waals surface area contributed by atoms with Gasteiger partial charge in [0.15, 0.2) is 5.78 Å². The summed E-state index contributed by atoms with van der Waals surface area (Å²) in [6.07, 6.45) is 3.17. The lowest BCUT2D eigenvalue weighted by atomic mass is 9.92. The molecule has 0 spiro atoms. The molecule has 0 saturated heterocycles. The third-order valence-electron chi connectivity index (χ3n) is 4.66. The van der Waals surface area contributed by atoms with E-state index in [4.69, 9.17) is 4.74 Å². The average molecular weight is 380 g/mol. The van der Waals surface area contributed by atoms with Crippen LogP contribution in [0, 0.1) is 5.82 Å². The molecule has 144 valence electrons. The maximum Gasteiger partial charge on any atom is 0.255 e. The van der Waals surface area contributed by atoms with E-state index < -0.39 is 12.0 Å². The second kappa shape index (κ2) is 8.08. The molecule has 0 radical (unpaired) electrons. The Morgan fingerprint density at radius 3 is 2.39 bits per heavy atom. The second-order valence-electron chi connectivity index (χ2n) is 6.34. The van der Waals surface area contributed by atoms with Crippen LogP contribution in [0.25, 0.3) is 0 Å². The van der Waals surface area contributed by atoms with Crippen molar-refractivity contribution in [2.45, 2.75) is 12.6 Å². The molecule has 2 aromatic rings. The van der Waals surface area contributed by atoms with Gasteiger partial charge >= 0.3 is 0 Å². The van der Waals surface area contributed by atoms with Crippen LogP contribution in [0.15, 0.2) is 61.7 Å². The number of methoxy groups -OCH3 is 1. The first-order chi connectivity index (χ1) is 13.5. The summed E-state index contributed by atoms with van der Waals surface area (Å²) in [6.45, 7) is 7.20. The van der Waals surface area contributed by atoms with Gasteiger partial charge in [-0.3, -0.25) is 9.59 Å². The lowest BCUT2D eigenvalue weighted by Gasteiger charge is -2.42. The van der Waals surface area contributed by atoms with Gasteiger partial charge in [0, 0.05) is 18.5 Å². The largest absolute Gasteiger partial charge is 0.497 e. The molecule has 1 atom stereocenters. The van der Waals surface area contributed by atoms with Crippen molar-refractivity contribution in [3.63, 3.8) is 0 Å². The molecule has 1 N–H and O–H groups in total. The molecule has 1 amide bonds. The van der Waals surface area contributed by atoms with Crippen LogP contribution in [0.3, 0.4) is 0 Å². The number of nitrogens with one attached hydrogen (secondary N) is 1. The molecule has 2 aliphatic rings. The summed E-state index contributed by atoms with van der Waals surface area (Å²) in [6, 6.07) is 9.78. The highest BCUT2D eigenvalue weighted by Gasteiger charge is 2.38. The molecule has 4 rings (SSSR count). The minimum atomic E-state index is -0.572. The average Bonchev–Trinajstić information content (AvgIpc) is 2.72. The Labute approximate surface area is 163 Å². The Morgan fingerprint density at radius 1 is 1.14 bits per heavy atom. The quantitative estimate of drug-likeness (QED) is 0.817. The normalized spacial score (nSPS) is 16.9. The highest BCUT2D eigenvalue weighted by Crippen LogP contribution is 2.39. The molecule has 1 unspecified atom stereocenters. The first-order valence-electron chi connectivity index (χ1n) is 8.81. The predicted molar refractivity (Wildman–Crippen MR) is 106 cm³/mol. The number of halogens is 1. The van der Waals surface area contributed by atoms with Gasteiger partial charge in [0.2, 0.25) is 0 Å². The Hall–Kier alpha value is -3.41. The number of carbonyl (C=O) groups is 2. The van der Waals surface area contributed by atoms with Crippen molar-refractivity contribution in [3.05, 3.63) is 84.2 Å². The number of carbonyl (C=O) groups excluding carboxylic acids is 2. The summed E-state index contributed by atoms with van der Waals surface area (Å²) in [5.41, 5.74) is 1.89. The third kappa shape index (κ3) is 3.53. The summed E-state index contributed by atoms with van der Waals surface area (Å²) in [7, 11) is 1.59. The molecule has 28 heavy (non-hydrogen) atoms. The smallest absolute Gasteiger partial charge is 0.255 e. The van der Waals surface area contributed by atoms with Gasteiger partial charge in [0.25, 0.3) is 5.91 Å². The molecule has 0 bridgehead atoms. The topological polar surface area (TPSA) is 58.6 Å². The molecule has 0 aliphatic carbocycles. The van der Waals surface area contributed by atoms with Crippen molar-refractivity contribution >= 4 is 17.4 Å². The monoisotopic (exact) mass is 380 g/mol. The van der Waals surface area contributed by atoms with Crippen LogP contribution in [0.1, 0.15) is 38.9 Å². The lowest BCUT2D eigenvalue weighted by molar-refractivity contribution is 0.0920. The van der Waals surface area contributed by atoms with Crippen molar-refractivity contribution in [2.75, 3.05) is 18.6 Å². The molecule has 0 saturated carbocycles. The standard InChI is InChI=1S/C18H15FN2O3.C4H6/c1-24-12-4-2-10(3-5-12)17-20-18(23)14-9-11(19)8-13-15(22)6-7-21(17)16(13)14;1-3-4-2/h2-5,8-9,17H,6-7H2,1H3,(H,20,23);3-4H,1-2H2. The SMILES string of the molecule is C=CC=C.COc1ccc(C2NC(=O)c3cc(F)cc4c3N2CCC4=O)cc1. The molecule has 0 aromatic heterocycles.